The first-order valence-electron chi connectivity index (χ1n) is 8.02. The normalized spacial score (nSPS) is 16.1. The van der Waals surface area contributed by atoms with Gasteiger partial charge in [0.2, 0.25) is 5.91 Å². The molecule has 0 aromatic carbocycles. The molecule has 0 unspecified atom stereocenters. The molecular weight excluding hydrogens is 290 g/mol. The van der Waals surface area contributed by atoms with Crippen LogP contribution in [0, 0.1) is 0 Å². The molecule has 0 atom stereocenters. The Morgan fingerprint density at radius 2 is 2.22 bits per heavy atom. The van der Waals surface area contributed by atoms with Gasteiger partial charge in [0.15, 0.2) is 0 Å². The Morgan fingerprint density at radius 3 is 3.00 bits per heavy atom. The number of H-pyrrole nitrogens is 1. The van der Waals surface area contributed by atoms with Crippen LogP contribution in [0.1, 0.15) is 29.9 Å². The first kappa shape index (κ1) is 14.1. The molecule has 3 aromatic heterocycles. The van der Waals surface area contributed by atoms with Crippen LogP contribution in [-0.2, 0) is 11.2 Å². The summed E-state index contributed by atoms with van der Waals surface area (Å²) < 4.78 is 5.03. The van der Waals surface area contributed by atoms with E-state index in [1.165, 1.54) is 10.9 Å². The third-order valence-corrected chi connectivity index (χ3v) is 4.71. The number of aromatic amines is 1. The highest BCUT2D eigenvalue weighted by Crippen LogP contribution is 2.32. The molecular formula is C18H19N3O2. The van der Waals surface area contributed by atoms with Gasteiger partial charge >= 0.3 is 0 Å². The molecule has 0 aliphatic carbocycles. The fraction of sp³-hybridized carbons (Fsp3) is 0.333. The molecule has 118 valence electrons. The van der Waals surface area contributed by atoms with Gasteiger partial charge in [-0.25, -0.2) is 4.98 Å². The lowest BCUT2D eigenvalue weighted by atomic mass is 9.89. The van der Waals surface area contributed by atoms with Crippen LogP contribution in [0.2, 0.25) is 0 Å². The zero-order valence-electron chi connectivity index (χ0n) is 12.9. The Morgan fingerprint density at radius 1 is 1.35 bits per heavy atom. The van der Waals surface area contributed by atoms with Crippen molar-refractivity contribution in [3.05, 3.63) is 54.2 Å². The maximum atomic E-state index is 12.3. The zero-order chi connectivity index (χ0) is 15.6. The van der Waals surface area contributed by atoms with Gasteiger partial charge in [-0.05, 0) is 48.1 Å². The van der Waals surface area contributed by atoms with Crippen LogP contribution in [0.3, 0.4) is 0 Å². The number of aromatic nitrogens is 2. The average Bonchev–Trinajstić information content (AvgIpc) is 3.24. The predicted molar refractivity (Wildman–Crippen MR) is 87.1 cm³/mol. The van der Waals surface area contributed by atoms with E-state index in [0.717, 1.165) is 37.1 Å². The highest BCUT2D eigenvalue weighted by Gasteiger charge is 2.25. The van der Waals surface area contributed by atoms with Crippen molar-refractivity contribution in [2.45, 2.75) is 25.2 Å². The van der Waals surface area contributed by atoms with Crippen LogP contribution in [0.5, 0.6) is 0 Å². The number of furan rings is 1. The van der Waals surface area contributed by atoms with E-state index in [9.17, 15) is 4.79 Å². The van der Waals surface area contributed by atoms with Crippen molar-refractivity contribution in [3.63, 3.8) is 0 Å². The molecule has 1 saturated heterocycles. The van der Waals surface area contributed by atoms with Gasteiger partial charge in [-0.2, -0.15) is 0 Å². The molecule has 1 amide bonds. The quantitative estimate of drug-likeness (QED) is 0.808. The number of carbonyl (C=O) groups excluding carboxylic acids is 1. The molecule has 4 heterocycles. The molecule has 0 spiro atoms. The van der Waals surface area contributed by atoms with E-state index in [4.69, 9.17) is 4.42 Å². The van der Waals surface area contributed by atoms with Crippen molar-refractivity contribution in [1.29, 1.82) is 0 Å². The second kappa shape index (κ2) is 5.91. The summed E-state index contributed by atoms with van der Waals surface area (Å²) in [6.45, 7) is 1.63. The Hall–Kier alpha value is -2.56. The number of piperidine rings is 1. The zero-order valence-corrected chi connectivity index (χ0v) is 12.9. The van der Waals surface area contributed by atoms with Gasteiger partial charge in [0.05, 0.1) is 18.9 Å². The monoisotopic (exact) mass is 309 g/mol. The lowest BCUT2D eigenvalue weighted by molar-refractivity contribution is -0.131. The molecule has 0 bridgehead atoms. The van der Waals surface area contributed by atoms with Crippen LogP contribution in [0.15, 0.2) is 47.5 Å². The third-order valence-electron chi connectivity index (χ3n) is 4.71. The van der Waals surface area contributed by atoms with Crippen LogP contribution < -0.4 is 0 Å². The van der Waals surface area contributed by atoms with E-state index in [2.05, 4.69) is 22.2 Å². The number of likely N-dealkylation sites (tertiary alicyclic amines) is 1. The van der Waals surface area contributed by atoms with Crippen molar-refractivity contribution in [2.75, 3.05) is 13.1 Å². The number of rotatable bonds is 3. The first-order chi connectivity index (χ1) is 11.3. The minimum absolute atomic E-state index is 0.186. The molecule has 4 rings (SSSR count). The Balaban J connectivity index is 1.42. The minimum atomic E-state index is 0.186. The number of fused-ring (bicyclic) bond motifs is 1. The van der Waals surface area contributed by atoms with E-state index < -0.39 is 0 Å². The molecule has 23 heavy (non-hydrogen) atoms. The van der Waals surface area contributed by atoms with Crippen molar-refractivity contribution in [1.82, 2.24) is 14.9 Å². The Bertz CT molecular complexity index is 799. The molecule has 0 radical (unpaired) electrons. The maximum absolute atomic E-state index is 12.3. The van der Waals surface area contributed by atoms with E-state index >= 15 is 0 Å². The number of hydrogen-bond acceptors (Lipinski definition) is 3. The Kier molecular flexibility index (Phi) is 3.61. The number of pyridine rings is 1. The summed E-state index contributed by atoms with van der Waals surface area (Å²) in [5.74, 6) is 0.677. The number of amides is 1. The van der Waals surface area contributed by atoms with Gasteiger partial charge in [0.1, 0.15) is 5.65 Å². The van der Waals surface area contributed by atoms with Gasteiger partial charge < -0.3 is 14.3 Å². The van der Waals surface area contributed by atoms with E-state index in [-0.39, 0.29) is 5.91 Å². The summed E-state index contributed by atoms with van der Waals surface area (Å²) in [7, 11) is 0. The molecule has 1 fully saturated rings. The second-order valence-electron chi connectivity index (χ2n) is 6.11. The van der Waals surface area contributed by atoms with Gasteiger partial charge in [-0.1, -0.05) is 0 Å². The molecule has 3 aromatic rings. The molecule has 1 N–H and O–H groups in total. The number of nitrogens with zero attached hydrogens (tertiary/aromatic N) is 2. The highest BCUT2D eigenvalue weighted by atomic mass is 16.3. The highest BCUT2D eigenvalue weighted by molar-refractivity contribution is 5.80. The lowest BCUT2D eigenvalue weighted by Crippen LogP contribution is -2.38. The predicted octanol–water partition coefficient (Wildman–Crippen LogP) is 3.10. The summed E-state index contributed by atoms with van der Waals surface area (Å²) in [5, 5.41) is 1.20. The topological polar surface area (TPSA) is 62.1 Å². The number of nitrogens with one attached hydrogen (secondary N) is 1. The Labute approximate surface area is 134 Å². The SMILES string of the molecule is O=C(Cc1ccoc1)N1CCC(c2c[nH]c3ncccc23)CC1. The lowest BCUT2D eigenvalue weighted by Gasteiger charge is -2.32. The molecule has 1 aliphatic heterocycles. The van der Waals surface area contributed by atoms with Crippen LogP contribution in [0.25, 0.3) is 11.0 Å². The molecule has 5 nitrogen and oxygen atoms in total. The first-order valence-corrected chi connectivity index (χ1v) is 8.02. The smallest absolute Gasteiger partial charge is 0.227 e. The van der Waals surface area contributed by atoms with Crippen LogP contribution in [-0.4, -0.2) is 33.9 Å². The van der Waals surface area contributed by atoms with Crippen molar-refractivity contribution >= 4 is 16.9 Å². The van der Waals surface area contributed by atoms with Crippen molar-refractivity contribution < 1.29 is 9.21 Å². The van der Waals surface area contributed by atoms with E-state index in [0.29, 0.717) is 12.3 Å². The molecule has 5 heteroatoms. The summed E-state index contributed by atoms with van der Waals surface area (Å²) in [6, 6.07) is 5.94. The van der Waals surface area contributed by atoms with E-state index in [1.807, 2.05) is 17.0 Å². The molecule has 1 aliphatic rings. The molecule has 0 saturated carbocycles. The second-order valence-corrected chi connectivity index (χ2v) is 6.11. The van der Waals surface area contributed by atoms with Gasteiger partial charge in [-0.15, -0.1) is 0 Å². The van der Waals surface area contributed by atoms with E-state index in [1.54, 1.807) is 18.7 Å². The van der Waals surface area contributed by atoms with Crippen LogP contribution in [0.4, 0.5) is 0 Å². The average molecular weight is 309 g/mol. The summed E-state index contributed by atoms with van der Waals surface area (Å²) in [4.78, 5) is 21.9. The standard InChI is InChI=1S/C18H19N3O2/c22-17(10-13-5-9-23-12-13)21-7-3-14(4-8-21)16-11-20-18-15(16)2-1-6-19-18/h1-2,5-6,9,11-12,14H,3-4,7-8,10H2,(H,19,20). The van der Waals surface area contributed by atoms with Crippen molar-refractivity contribution in [2.24, 2.45) is 0 Å². The van der Waals surface area contributed by atoms with Crippen LogP contribution >= 0.6 is 0 Å². The van der Waals surface area contributed by atoms with Gasteiger partial charge in [-0.3, -0.25) is 4.79 Å². The summed E-state index contributed by atoms with van der Waals surface area (Å²) in [6.07, 6.45) is 9.56. The van der Waals surface area contributed by atoms with Gasteiger partial charge in [0, 0.05) is 30.9 Å². The third kappa shape index (κ3) is 2.74. The number of carbonyl (C=O) groups is 1. The summed E-state index contributed by atoms with van der Waals surface area (Å²) >= 11 is 0. The summed E-state index contributed by atoms with van der Waals surface area (Å²) in [5.41, 5.74) is 3.22. The fourth-order valence-electron chi connectivity index (χ4n) is 3.43. The minimum Gasteiger partial charge on any atom is -0.472 e. The van der Waals surface area contributed by atoms with Crippen molar-refractivity contribution in [3.8, 4) is 0 Å². The maximum Gasteiger partial charge on any atom is 0.227 e. The van der Waals surface area contributed by atoms with Gasteiger partial charge in [0.25, 0.3) is 0 Å². The fourth-order valence-corrected chi connectivity index (χ4v) is 3.43. The largest absolute Gasteiger partial charge is 0.472 e. The number of hydrogen-bond donors (Lipinski definition) is 1.